The third-order valence-corrected chi connectivity index (χ3v) is 2.80. The number of carbonyl (C=O) groups is 1. The molecule has 22 heavy (non-hydrogen) atoms. The Morgan fingerprint density at radius 3 is 2.73 bits per heavy atom. The number of hydrogen-bond acceptors (Lipinski definition) is 4. The summed E-state index contributed by atoms with van der Waals surface area (Å²) in [6.45, 7) is -0.0716. The van der Waals surface area contributed by atoms with Gasteiger partial charge < -0.3 is 4.74 Å². The molecular formula is C16H12FNO4. The van der Waals surface area contributed by atoms with Gasteiger partial charge in [0.2, 0.25) is 0 Å². The second-order valence-corrected chi connectivity index (χ2v) is 4.39. The maximum atomic E-state index is 13.0. The van der Waals surface area contributed by atoms with Gasteiger partial charge in [0.1, 0.15) is 12.4 Å². The summed E-state index contributed by atoms with van der Waals surface area (Å²) in [5, 5.41) is 10.8. The molecule has 5 nitrogen and oxygen atoms in total. The van der Waals surface area contributed by atoms with Gasteiger partial charge in [-0.2, -0.15) is 0 Å². The van der Waals surface area contributed by atoms with E-state index in [1.807, 2.05) is 0 Å². The molecule has 0 spiro atoms. The Labute approximate surface area is 125 Å². The molecule has 0 aliphatic heterocycles. The molecule has 0 atom stereocenters. The minimum absolute atomic E-state index is 0.0716. The standard InChI is InChI=1S/C16H12FNO4/c17-14-6-3-4-12(10-14)11-22-16(19)9-8-13-5-1-2-7-15(13)18(20)21/h1-10H,11H2/b9-8+. The number of para-hydroxylation sites is 1. The molecule has 0 N–H and O–H groups in total. The molecular weight excluding hydrogens is 289 g/mol. The Bertz CT molecular complexity index is 728. The number of carbonyl (C=O) groups excluding carboxylic acids is 1. The summed E-state index contributed by atoms with van der Waals surface area (Å²) in [6.07, 6.45) is 2.41. The van der Waals surface area contributed by atoms with Gasteiger partial charge in [0.05, 0.1) is 10.5 Å². The van der Waals surface area contributed by atoms with Crippen LogP contribution >= 0.6 is 0 Å². The molecule has 0 bridgehead atoms. The fourth-order valence-corrected chi connectivity index (χ4v) is 1.78. The van der Waals surface area contributed by atoms with E-state index in [1.54, 1.807) is 12.1 Å². The Morgan fingerprint density at radius 1 is 1.23 bits per heavy atom. The summed E-state index contributed by atoms with van der Waals surface area (Å²) in [5.74, 6) is -1.08. The molecule has 0 saturated carbocycles. The van der Waals surface area contributed by atoms with Gasteiger partial charge in [0.15, 0.2) is 0 Å². The largest absolute Gasteiger partial charge is 0.458 e. The second kappa shape index (κ2) is 7.12. The van der Waals surface area contributed by atoms with Gasteiger partial charge in [-0.15, -0.1) is 0 Å². The molecule has 0 unspecified atom stereocenters. The zero-order valence-corrected chi connectivity index (χ0v) is 11.4. The van der Waals surface area contributed by atoms with E-state index in [0.717, 1.165) is 6.08 Å². The lowest BCUT2D eigenvalue weighted by Gasteiger charge is -2.02. The van der Waals surface area contributed by atoms with Crippen LogP contribution in [0.25, 0.3) is 6.08 Å². The molecule has 0 heterocycles. The minimum Gasteiger partial charge on any atom is -0.458 e. The number of rotatable bonds is 5. The molecule has 0 fully saturated rings. The molecule has 0 radical (unpaired) electrons. The summed E-state index contributed by atoms with van der Waals surface area (Å²) in [4.78, 5) is 21.9. The van der Waals surface area contributed by atoms with E-state index < -0.39 is 16.7 Å². The molecule has 2 rings (SSSR count). The van der Waals surface area contributed by atoms with E-state index in [-0.39, 0.29) is 12.3 Å². The first-order valence-corrected chi connectivity index (χ1v) is 6.39. The molecule has 112 valence electrons. The van der Waals surface area contributed by atoms with Gasteiger partial charge in [0.25, 0.3) is 5.69 Å². The van der Waals surface area contributed by atoms with Crippen LogP contribution in [-0.4, -0.2) is 10.9 Å². The Kier molecular flexibility index (Phi) is 4.98. The van der Waals surface area contributed by atoms with Crippen molar-refractivity contribution >= 4 is 17.7 Å². The number of nitro benzene ring substituents is 1. The first kappa shape index (κ1) is 15.4. The second-order valence-electron chi connectivity index (χ2n) is 4.39. The quantitative estimate of drug-likeness (QED) is 0.367. The number of ether oxygens (including phenoxy) is 1. The van der Waals surface area contributed by atoms with Crippen LogP contribution in [0.2, 0.25) is 0 Å². The van der Waals surface area contributed by atoms with Gasteiger partial charge >= 0.3 is 5.97 Å². The Balaban J connectivity index is 1.99. The van der Waals surface area contributed by atoms with Crippen molar-refractivity contribution in [2.75, 3.05) is 0 Å². The van der Waals surface area contributed by atoms with Crippen molar-refractivity contribution in [3.63, 3.8) is 0 Å². The summed E-state index contributed by atoms with van der Waals surface area (Å²) in [7, 11) is 0. The highest BCUT2D eigenvalue weighted by Gasteiger charge is 2.10. The minimum atomic E-state index is -0.664. The molecule has 0 aromatic heterocycles. The average Bonchev–Trinajstić information content (AvgIpc) is 2.51. The average molecular weight is 301 g/mol. The van der Waals surface area contributed by atoms with E-state index in [9.17, 15) is 19.3 Å². The maximum Gasteiger partial charge on any atom is 0.331 e. The molecule has 0 aliphatic rings. The summed E-state index contributed by atoms with van der Waals surface area (Å²) in [5.41, 5.74) is 0.722. The SMILES string of the molecule is O=C(/C=C/c1ccccc1[N+](=O)[O-])OCc1cccc(F)c1. The van der Waals surface area contributed by atoms with Crippen LogP contribution in [0.15, 0.2) is 54.6 Å². The van der Waals surface area contributed by atoms with Crippen LogP contribution in [-0.2, 0) is 16.1 Å². The highest BCUT2D eigenvalue weighted by molar-refractivity contribution is 5.87. The lowest BCUT2D eigenvalue weighted by molar-refractivity contribution is -0.385. The van der Waals surface area contributed by atoms with Crippen LogP contribution in [0.3, 0.4) is 0 Å². The Morgan fingerprint density at radius 2 is 2.00 bits per heavy atom. The fourth-order valence-electron chi connectivity index (χ4n) is 1.78. The van der Waals surface area contributed by atoms with Gasteiger partial charge in [-0.25, -0.2) is 9.18 Å². The monoisotopic (exact) mass is 301 g/mol. The van der Waals surface area contributed by atoms with Gasteiger partial charge in [-0.1, -0.05) is 24.3 Å². The van der Waals surface area contributed by atoms with E-state index >= 15 is 0 Å². The molecule has 0 aliphatic carbocycles. The highest BCUT2D eigenvalue weighted by Crippen LogP contribution is 2.19. The molecule has 0 amide bonds. The third kappa shape index (κ3) is 4.24. The first-order chi connectivity index (χ1) is 10.6. The van der Waals surface area contributed by atoms with Crippen molar-refractivity contribution in [1.29, 1.82) is 0 Å². The predicted octanol–water partition coefficient (Wildman–Crippen LogP) is 3.49. The van der Waals surface area contributed by atoms with Crippen molar-refractivity contribution in [1.82, 2.24) is 0 Å². The Hall–Kier alpha value is -3.02. The number of hydrogen-bond donors (Lipinski definition) is 0. The number of nitro groups is 1. The van der Waals surface area contributed by atoms with Crippen LogP contribution in [0.5, 0.6) is 0 Å². The van der Waals surface area contributed by atoms with Crippen LogP contribution < -0.4 is 0 Å². The van der Waals surface area contributed by atoms with Crippen LogP contribution in [0.1, 0.15) is 11.1 Å². The van der Waals surface area contributed by atoms with E-state index in [4.69, 9.17) is 4.74 Å². The summed E-state index contributed by atoms with van der Waals surface area (Å²) < 4.78 is 17.9. The zero-order chi connectivity index (χ0) is 15.9. The number of halogens is 1. The van der Waals surface area contributed by atoms with Gasteiger partial charge in [-0.3, -0.25) is 10.1 Å². The maximum absolute atomic E-state index is 13.0. The molecule has 2 aromatic rings. The normalized spacial score (nSPS) is 10.6. The number of benzene rings is 2. The van der Waals surface area contributed by atoms with E-state index in [2.05, 4.69) is 0 Å². The fraction of sp³-hybridized carbons (Fsp3) is 0.0625. The summed E-state index contributed by atoms with van der Waals surface area (Å²) >= 11 is 0. The zero-order valence-electron chi connectivity index (χ0n) is 11.4. The van der Waals surface area contributed by atoms with Crippen molar-refractivity contribution in [3.8, 4) is 0 Å². The first-order valence-electron chi connectivity index (χ1n) is 6.39. The third-order valence-electron chi connectivity index (χ3n) is 2.80. The van der Waals surface area contributed by atoms with Crippen molar-refractivity contribution in [2.45, 2.75) is 6.61 Å². The predicted molar refractivity (Wildman–Crippen MR) is 78.3 cm³/mol. The lowest BCUT2D eigenvalue weighted by Crippen LogP contribution is -2.01. The van der Waals surface area contributed by atoms with E-state index in [0.29, 0.717) is 11.1 Å². The van der Waals surface area contributed by atoms with Crippen LogP contribution in [0, 0.1) is 15.9 Å². The van der Waals surface area contributed by atoms with Gasteiger partial charge in [0, 0.05) is 12.1 Å². The smallest absolute Gasteiger partial charge is 0.331 e. The van der Waals surface area contributed by atoms with Crippen molar-refractivity contribution in [3.05, 3.63) is 81.7 Å². The van der Waals surface area contributed by atoms with Crippen LogP contribution in [0.4, 0.5) is 10.1 Å². The molecule has 6 heteroatoms. The summed E-state index contributed by atoms with van der Waals surface area (Å²) in [6, 6.07) is 11.7. The number of esters is 1. The van der Waals surface area contributed by atoms with Gasteiger partial charge in [-0.05, 0) is 29.8 Å². The highest BCUT2D eigenvalue weighted by atomic mass is 19.1. The van der Waals surface area contributed by atoms with Crippen molar-refractivity contribution < 1.29 is 18.8 Å². The van der Waals surface area contributed by atoms with Crippen molar-refractivity contribution in [2.24, 2.45) is 0 Å². The number of nitrogens with zero attached hydrogens (tertiary/aromatic N) is 1. The molecule has 2 aromatic carbocycles. The topological polar surface area (TPSA) is 69.4 Å². The van der Waals surface area contributed by atoms with E-state index in [1.165, 1.54) is 42.5 Å². The molecule has 0 saturated heterocycles. The lowest BCUT2D eigenvalue weighted by atomic mass is 10.1.